The van der Waals surface area contributed by atoms with E-state index in [0.717, 1.165) is 22.3 Å². The number of rotatable bonds is 9. The maximum absolute atomic E-state index is 11.5. The van der Waals surface area contributed by atoms with Gasteiger partial charge in [0.05, 0.1) is 11.1 Å². The van der Waals surface area contributed by atoms with Crippen LogP contribution in [0.15, 0.2) is 60.2 Å². The smallest absolute Gasteiger partial charge is 0.243 e. The van der Waals surface area contributed by atoms with E-state index in [1.807, 2.05) is 31.3 Å². The first-order chi connectivity index (χ1) is 16.0. The summed E-state index contributed by atoms with van der Waals surface area (Å²) in [6.07, 6.45) is 7.93. The molecule has 0 radical (unpaired) electrons. The highest BCUT2D eigenvalue weighted by atomic mass is 16.5. The molecule has 1 aliphatic rings. The number of H-pyrrole nitrogens is 1. The largest absolute Gasteiger partial charge is 0.474 e. The van der Waals surface area contributed by atoms with Gasteiger partial charge in [0.25, 0.3) is 0 Å². The van der Waals surface area contributed by atoms with Gasteiger partial charge in [0.15, 0.2) is 0 Å². The third kappa shape index (κ3) is 5.00. The molecule has 4 rings (SSSR count). The molecule has 0 aromatic carbocycles. The zero-order chi connectivity index (χ0) is 23.4. The molecule has 1 amide bonds. The predicted molar refractivity (Wildman–Crippen MR) is 128 cm³/mol. The zero-order valence-electron chi connectivity index (χ0n) is 18.6. The van der Waals surface area contributed by atoms with Crippen molar-refractivity contribution in [2.24, 2.45) is 5.10 Å². The number of nitrogens with zero attached hydrogens (tertiary/aromatic N) is 5. The average Bonchev–Trinajstić information content (AvgIpc) is 3.22. The summed E-state index contributed by atoms with van der Waals surface area (Å²) in [7, 11) is 1.78. The summed E-state index contributed by atoms with van der Waals surface area (Å²) >= 11 is 0. The van der Waals surface area contributed by atoms with Crippen molar-refractivity contribution in [3.8, 4) is 17.1 Å². The number of hydrogen-bond donors (Lipinski definition) is 3. The van der Waals surface area contributed by atoms with Gasteiger partial charge >= 0.3 is 0 Å². The first-order valence-electron chi connectivity index (χ1n) is 10.5. The number of amides is 1. The fourth-order valence-electron chi connectivity index (χ4n) is 3.59. The van der Waals surface area contributed by atoms with E-state index in [9.17, 15) is 4.79 Å². The molecule has 0 atom stereocenters. The highest BCUT2D eigenvalue weighted by molar-refractivity contribution is 5.96. The Kier molecular flexibility index (Phi) is 6.34. The lowest BCUT2D eigenvalue weighted by molar-refractivity contribution is -0.118. The number of carbonyl (C=O) groups is 1. The van der Waals surface area contributed by atoms with Crippen molar-refractivity contribution in [2.45, 2.75) is 31.9 Å². The van der Waals surface area contributed by atoms with E-state index >= 15 is 0 Å². The molecule has 1 fully saturated rings. The van der Waals surface area contributed by atoms with E-state index in [0.29, 0.717) is 30.3 Å². The number of hydrogen-bond acceptors (Lipinski definition) is 8. The van der Waals surface area contributed by atoms with Crippen LogP contribution in [-0.2, 0) is 4.79 Å². The molecule has 10 heteroatoms. The number of anilines is 1. The molecule has 0 aliphatic heterocycles. The normalized spacial score (nSPS) is 17.7. The van der Waals surface area contributed by atoms with Crippen LogP contribution in [0.3, 0.4) is 0 Å². The van der Waals surface area contributed by atoms with E-state index in [4.69, 9.17) is 4.74 Å². The van der Waals surface area contributed by atoms with Gasteiger partial charge in [-0.3, -0.25) is 14.8 Å². The molecule has 1 saturated carbocycles. The summed E-state index contributed by atoms with van der Waals surface area (Å²) in [5, 5.41) is 12.2. The lowest BCUT2D eigenvalue weighted by Gasteiger charge is -2.35. The van der Waals surface area contributed by atoms with E-state index in [2.05, 4.69) is 49.0 Å². The van der Waals surface area contributed by atoms with Crippen molar-refractivity contribution in [2.75, 3.05) is 12.4 Å². The van der Waals surface area contributed by atoms with Gasteiger partial charge in [-0.25, -0.2) is 0 Å². The summed E-state index contributed by atoms with van der Waals surface area (Å²) in [5.41, 5.74) is 3.05. The molecule has 3 aromatic heterocycles. The fraction of sp³-hybridized carbons (Fsp3) is 0.261. The van der Waals surface area contributed by atoms with Gasteiger partial charge in [-0.15, -0.1) is 0 Å². The number of carbonyl (C=O) groups excluding carboxylic acids is 1. The van der Waals surface area contributed by atoms with E-state index in [1.165, 1.54) is 6.08 Å². The molecule has 0 unspecified atom stereocenters. The Balaban J connectivity index is 1.64. The number of fused-ring (bicyclic) bond motifs is 1. The molecule has 10 nitrogen and oxygen atoms in total. The van der Waals surface area contributed by atoms with Crippen LogP contribution in [0.25, 0.3) is 22.3 Å². The van der Waals surface area contributed by atoms with Gasteiger partial charge in [0, 0.05) is 62.5 Å². The van der Waals surface area contributed by atoms with Crippen molar-refractivity contribution < 1.29 is 9.53 Å². The quantitative estimate of drug-likeness (QED) is 0.262. The number of aromatic nitrogens is 4. The molecule has 170 valence electrons. The van der Waals surface area contributed by atoms with Crippen molar-refractivity contribution in [3.05, 3.63) is 55.1 Å². The summed E-state index contributed by atoms with van der Waals surface area (Å²) in [6.45, 7) is 8.86. The van der Waals surface area contributed by atoms with E-state index in [-0.39, 0.29) is 18.1 Å². The number of pyridine rings is 1. The van der Waals surface area contributed by atoms with Crippen LogP contribution >= 0.6 is 0 Å². The number of nitrogens with one attached hydrogen (secondary N) is 3. The first kappa shape index (κ1) is 22.0. The van der Waals surface area contributed by atoms with Crippen LogP contribution in [-0.4, -0.2) is 56.8 Å². The molecular formula is C23H26N8O2. The third-order valence-electron chi connectivity index (χ3n) is 5.26. The molecule has 1 aliphatic carbocycles. The Hall–Kier alpha value is -4.21. The van der Waals surface area contributed by atoms with Gasteiger partial charge < -0.3 is 20.4 Å². The lowest BCUT2D eigenvalue weighted by atomic mass is 9.89. The first-order valence-corrected chi connectivity index (χ1v) is 10.5. The highest BCUT2D eigenvalue weighted by Gasteiger charge is 2.33. The SMILES string of the molecule is C=CC(=O)NC1CC(Oc2nc(N/C(C)=C/N(C)N=C)nc3[nH]cc(-c4ccccn4)c23)C1. The maximum atomic E-state index is 11.5. The van der Waals surface area contributed by atoms with Crippen molar-refractivity contribution >= 4 is 29.6 Å². The van der Waals surface area contributed by atoms with Crippen LogP contribution < -0.4 is 15.4 Å². The Morgan fingerprint density at radius 1 is 1.36 bits per heavy atom. The Morgan fingerprint density at radius 3 is 2.88 bits per heavy atom. The van der Waals surface area contributed by atoms with Gasteiger partial charge in [-0.2, -0.15) is 15.1 Å². The Bertz CT molecular complexity index is 1200. The number of ether oxygens (including phenoxy) is 1. The van der Waals surface area contributed by atoms with Gasteiger partial charge in [0.2, 0.25) is 17.7 Å². The van der Waals surface area contributed by atoms with Crippen LogP contribution in [0.5, 0.6) is 5.88 Å². The number of aromatic amines is 1. The molecule has 3 aromatic rings. The summed E-state index contributed by atoms with van der Waals surface area (Å²) in [6, 6.07) is 5.78. The average molecular weight is 447 g/mol. The molecule has 33 heavy (non-hydrogen) atoms. The monoisotopic (exact) mass is 446 g/mol. The molecule has 0 spiro atoms. The molecule has 0 bridgehead atoms. The Labute approximate surface area is 191 Å². The van der Waals surface area contributed by atoms with Crippen LogP contribution in [0.2, 0.25) is 0 Å². The van der Waals surface area contributed by atoms with E-state index < -0.39 is 0 Å². The van der Waals surface area contributed by atoms with Crippen molar-refractivity contribution in [1.82, 2.24) is 30.3 Å². The van der Waals surface area contributed by atoms with Crippen LogP contribution in [0.1, 0.15) is 19.8 Å². The minimum Gasteiger partial charge on any atom is -0.474 e. The number of hydrazone groups is 1. The molecular weight excluding hydrogens is 420 g/mol. The van der Waals surface area contributed by atoms with E-state index in [1.54, 1.807) is 24.5 Å². The Morgan fingerprint density at radius 2 is 2.18 bits per heavy atom. The molecule has 3 N–H and O–H groups in total. The second kappa shape index (κ2) is 9.51. The maximum Gasteiger partial charge on any atom is 0.243 e. The molecule has 0 saturated heterocycles. The third-order valence-corrected chi connectivity index (χ3v) is 5.26. The van der Waals surface area contributed by atoms with Gasteiger partial charge in [-0.1, -0.05) is 12.6 Å². The summed E-state index contributed by atoms with van der Waals surface area (Å²) < 4.78 is 6.28. The van der Waals surface area contributed by atoms with Crippen molar-refractivity contribution in [1.29, 1.82) is 0 Å². The standard InChI is InChI=1S/C23H26N8O2/c1-5-19(32)28-15-10-16(11-15)33-22-20-17(18-8-6-7-9-25-18)12-26-21(20)29-23(30-22)27-14(2)13-31(4)24-3/h5-9,12-13,15-16H,1,3,10-11H2,2,4H3,(H,28,32)(H2,26,27,29,30)/b14-13+. The van der Waals surface area contributed by atoms with Gasteiger partial charge in [-0.05, 0) is 25.1 Å². The summed E-state index contributed by atoms with van der Waals surface area (Å²) in [5.74, 6) is 0.651. The lowest BCUT2D eigenvalue weighted by Crippen LogP contribution is -2.48. The minimum atomic E-state index is -0.182. The zero-order valence-corrected chi connectivity index (χ0v) is 18.6. The molecule has 3 heterocycles. The summed E-state index contributed by atoms with van der Waals surface area (Å²) in [4.78, 5) is 28.5. The fourth-order valence-corrected chi connectivity index (χ4v) is 3.59. The van der Waals surface area contributed by atoms with Gasteiger partial charge in [0.1, 0.15) is 11.8 Å². The minimum absolute atomic E-state index is 0.0593. The number of allylic oxidation sites excluding steroid dienone is 1. The predicted octanol–water partition coefficient (Wildman–Crippen LogP) is 3.05. The second-order valence-electron chi connectivity index (χ2n) is 7.77. The topological polar surface area (TPSA) is 120 Å². The van der Waals surface area contributed by atoms with Crippen LogP contribution in [0.4, 0.5) is 5.95 Å². The van der Waals surface area contributed by atoms with Crippen molar-refractivity contribution in [3.63, 3.8) is 0 Å². The second-order valence-corrected chi connectivity index (χ2v) is 7.77. The highest BCUT2D eigenvalue weighted by Crippen LogP contribution is 2.36. The van der Waals surface area contributed by atoms with Crippen LogP contribution in [0, 0.1) is 0 Å².